The summed E-state index contributed by atoms with van der Waals surface area (Å²) < 4.78 is 5.05. The molecule has 1 atom stereocenters. The largest absolute Gasteiger partial charge is 0.479 e. The molecule has 2 amide bonds. The van der Waals surface area contributed by atoms with Gasteiger partial charge < -0.3 is 19.6 Å². The second kappa shape index (κ2) is 5.69. The molecule has 0 aliphatic carbocycles. The number of carboxylic acids is 1. The van der Waals surface area contributed by atoms with E-state index in [4.69, 9.17) is 9.84 Å². The van der Waals surface area contributed by atoms with E-state index in [1.54, 1.807) is 4.90 Å². The van der Waals surface area contributed by atoms with Crippen LogP contribution in [0.25, 0.3) is 0 Å². The van der Waals surface area contributed by atoms with Gasteiger partial charge in [-0.05, 0) is 13.8 Å². The van der Waals surface area contributed by atoms with Crippen LogP contribution in [0.2, 0.25) is 0 Å². The van der Waals surface area contributed by atoms with Crippen LogP contribution in [-0.4, -0.2) is 65.8 Å². The molecule has 1 heterocycles. The lowest BCUT2D eigenvalue weighted by Gasteiger charge is -2.34. The van der Waals surface area contributed by atoms with Gasteiger partial charge in [-0.15, -0.1) is 0 Å². The molecule has 1 aliphatic rings. The Morgan fingerprint density at radius 3 is 2.56 bits per heavy atom. The highest BCUT2D eigenvalue weighted by atomic mass is 16.5. The third-order valence-corrected chi connectivity index (χ3v) is 2.65. The fourth-order valence-corrected chi connectivity index (χ4v) is 1.67. The molecule has 0 radical (unpaired) electrons. The molecule has 0 saturated carbocycles. The molecule has 0 bridgehead atoms. The second-order valence-electron chi connectivity index (χ2n) is 3.60. The van der Waals surface area contributed by atoms with Gasteiger partial charge in [-0.1, -0.05) is 0 Å². The summed E-state index contributed by atoms with van der Waals surface area (Å²) in [7, 11) is 0. The number of carbonyl (C=O) groups excluding carboxylic acids is 1. The highest BCUT2D eigenvalue weighted by Gasteiger charge is 2.30. The van der Waals surface area contributed by atoms with E-state index in [0.717, 1.165) is 0 Å². The average molecular weight is 230 g/mol. The molecule has 1 rings (SSSR count). The zero-order valence-corrected chi connectivity index (χ0v) is 9.68. The number of aliphatic carboxylic acids is 1. The molecule has 0 aromatic rings. The first-order valence-electron chi connectivity index (χ1n) is 5.48. The van der Waals surface area contributed by atoms with Crippen LogP contribution in [0.1, 0.15) is 13.8 Å². The zero-order chi connectivity index (χ0) is 12.1. The highest BCUT2D eigenvalue weighted by Crippen LogP contribution is 2.08. The van der Waals surface area contributed by atoms with Crippen LogP contribution >= 0.6 is 0 Å². The first kappa shape index (κ1) is 12.8. The van der Waals surface area contributed by atoms with Gasteiger partial charge in [0, 0.05) is 19.6 Å². The number of carbonyl (C=O) groups is 2. The monoisotopic (exact) mass is 230 g/mol. The maximum absolute atomic E-state index is 11.9. The van der Waals surface area contributed by atoms with Gasteiger partial charge in [0.2, 0.25) is 0 Å². The Balaban J connectivity index is 2.59. The van der Waals surface area contributed by atoms with E-state index >= 15 is 0 Å². The molecule has 1 unspecified atom stereocenters. The molecule has 0 aromatic heterocycles. The predicted molar refractivity (Wildman–Crippen MR) is 57.3 cm³/mol. The van der Waals surface area contributed by atoms with Crippen molar-refractivity contribution in [3.63, 3.8) is 0 Å². The highest BCUT2D eigenvalue weighted by molar-refractivity contribution is 5.77. The van der Waals surface area contributed by atoms with Crippen molar-refractivity contribution >= 4 is 12.0 Å². The van der Waals surface area contributed by atoms with Gasteiger partial charge in [0.05, 0.1) is 13.2 Å². The van der Waals surface area contributed by atoms with Gasteiger partial charge in [0.25, 0.3) is 0 Å². The van der Waals surface area contributed by atoms with Gasteiger partial charge in [0.1, 0.15) is 0 Å². The summed E-state index contributed by atoms with van der Waals surface area (Å²) in [5.41, 5.74) is 0. The molecule has 1 fully saturated rings. The van der Waals surface area contributed by atoms with E-state index in [1.807, 2.05) is 13.8 Å². The SMILES string of the molecule is CCN(CC)C(=O)N1CCOC(C(=O)O)C1. The number of nitrogens with zero attached hydrogens (tertiary/aromatic N) is 2. The Kier molecular flexibility index (Phi) is 4.54. The second-order valence-corrected chi connectivity index (χ2v) is 3.60. The minimum Gasteiger partial charge on any atom is -0.479 e. The number of rotatable bonds is 3. The van der Waals surface area contributed by atoms with E-state index in [9.17, 15) is 9.59 Å². The van der Waals surface area contributed by atoms with Gasteiger partial charge in [-0.2, -0.15) is 0 Å². The van der Waals surface area contributed by atoms with Crippen LogP contribution in [0.5, 0.6) is 0 Å². The fourth-order valence-electron chi connectivity index (χ4n) is 1.67. The van der Waals surface area contributed by atoms with Crippen molar-refractivity contribution in [2.75, 3.05) is 32.8 Å². The Hall–Kier alpha value is -1.30. The summed E-state index contributed by atoms with van der Waals surface area (Å²) in [5.74, 6) is -1.02. The average Bonchev–Trinajstić information content (AvgIpc) is 2.30. The quantitative estimate of drug-likeness (QED) is 0.753. The molecular formula is C10H18N2O4. The van der Waals surface area contributed by atoms with Gasteiger partial charge >= 0.3 is 12.0 Å². The van der Waals surface area contributed by atoms with Crippen LogP contribution in [0.15, 0.2) is 0 Å². The van der Waals surface area contributed by atoms with Gasteiger partial charge in [-0.25, -0.2) is 9.59 Å². The molecule has 92 valence electrons. The minimum absolute atomic E-state index is 0.112. The number of ether oxygens (including phenoxy) is 1. The Labute approximate surface area is 94.8 Å². The van der Waals surface area contributed by atoms with Crippen molar-refractivity contribution in [2.45, 2.75) is 20.0 Å². The Morgan fingerprint density at radius 2 is 2.06 bits per heavy atom. The number of hydrogen-bond acceptors (Lipinski definition) is 3. The molecule has 1 N–H and O–H groups in total. The van der Waals surface area contributed by atoms with Gasteiger partial charge in [0.15, 0.2) is 6.10 Å². The number of amides is 2. The summed E-state index contributed by atoms with van der Waals surface area (Å²) in [4.78, 5) is 25.9. The predicted octanol–water partition coefficient (Wildman–Crippen LogP) is 0.234. The summed E-state index contributed by atoms with van der Waals surface area (Å²) in [6.07, 6.45) is -0.895. The van der Waals surface area contributed by atoms with E-state index in [-0.39, 0.29) is 19.2 Å². The first-order valence-corrected chi connectivity index (χ1v) is 5.48. The van der Waals surface area contributed by atoms with Crippen molar-refractivity contribution in [1.29, 1.82) is 0 Å². The molecule has 6 heteroatoms. The molecule has 16 heavy (non-hydrogen) atoms. The van der Waals surface area contributed by atoms with Crippen LogP contribution in [-0.2, 0) is 9.53 Å². The Bertz CT molecular complexity index is 266. The maximum atomic E-state index is 11.9. The van der Waals surface area contributed by atoms with Crippen molar-refractivity contribution in [1.82, 2.24) is 9.80 Å². The summed E-state index contributed by atoms with van der Waals surface area (Å²) in [6.45, 7) is 5.93. The summed E-state index contributed by atoms with van der Waals surface area (Å²) in [6, 6.07) is -0.112. The normalized spacial score (nSPS) is 20.6. The summed E-state index contributed by atoms with van der Waals surface area (Å²) >= 11 is 0. The maximum Gasteiger partial charge on any atom is 0.334 e. The topological polar surface area (TPSA) is 70.1 Å². The van der Waals surface area contributed by atoms with E-state index in [1.165, 1.54) is 4.90 Å². The zero-order valence-electron chi connectivity index (χ0n) is 9.68. The molecular weight excluding hydrogens is 212 g/mol. The molecule has 6 nitrogen and oxygen atoms in total. The first-order chi connectivity index (χ1) is 7.60. The minimum atomic E-state index is -1.02. The fraction of sp³-hybridized carbons (Fsp3) is 0.800. The lowest BCUT2D eigenvalue weighted by atomic mass is 10.3. The number of urea groups is 1. The van der Waals surface area contributed by atoms with Crippen LogP contribution in [0, 0.1) is 0 Å². The van der Waals surface area contributed by atoms with E-state index in [2.05, 4.69) is 0 Å². The summed E-state index contributed by atoms with van der Waals surface area (Å²) in [5, 5.41) is 8.81. The van der Waals surface area contributed by atoms with Crippen LogP contribution < -0.4 is 0 Å². The van der Waals surface area contributed by atoms with Crippen LogP contribution in [0.4, 0.5) is 4.79 Å². The van der Waals surface area contributed by atoms with Crippen molar-refractivity contribution in [3.05, 3.63) is 0 Å². The third kappa shape index (κ3) is 2.85. The molecule has 0 aromatic carbocycles. The number of carboxylic acid groups (broad SMARTS) is 1. The van der Waals surface area contributed by atoms with Crippen molar-refractivity contribution in [2.24, 2.45) is 0 Å². The lowest BCUT2D eigenvalue weighted by molar-refractivity contribution is -0.154. The number of hydrogen-bond donors (Lipinski definition) is 1. The molecule has 0 spiro atoms. The van der Waals surface area contributed by atoms with Crippen molar-refractivity contribution in [3.8, 4) is 0 Å². The molecule has 1 aliphatic heterocycles. The Morgan fingerprint density at radius 1 is 1.44 bits per heavy atom. The smallest absolute Gasteiger partial charge is 0.334 e. The van der Waals surface area contributed by atoms with E-state index < -0.39 is 12.1 Å². The van der Waals surface area contributed by atoms with Crippen molar-refractivity contribution < 1.29 is 19.4 Å². The molecule has 1 saturated heterocycles. The van der Waals surface area contributed by atoms with Gasteiger partial charge in [-0.3, -0.25) is 0 Å². The standard InChI is InChI=1S/C10H18N2O4/c1-3-11(4-2)10(15)12-5-6-16-8(7-12)9(13)14/h8H,3-7H2,1-2H3,(H,13,14). The third-order valence-electron chi connectivity index (χ3n) is 2.65. The van der Waals surface area contributed by atoms with Crippen LogP contribution in [0.3, 0.4) is 0 Å². The van der Waals surface area contributed by atoms with E-state index in [0.29, 0.717) is 19.6 Å². The number of morpholine rings is 1. The lowest BCUT2D eigenvalue weighted by Crippen LogP contribution is -2.52.